The minimum absolute atomic E-state index is 0.107. The maximum atomic E-state index is 14.4. The van der Waals surface area contributed by atoms with Gasteiger partial charge in [-0.1, -0.05) is 6.92 Å². The van der Waals surface area contributed by atoms with Gasteiger partial charge in [-0.2, -0.15) is 0 Å². The average molecular weight is 485 g/mol. The molecule has 0 fully saturated rings. The molecule has 178 valence electrons. The summed E-state index contributed by atoms with van der Waals surface area (Å²) in [6, 6.07) is 7.73. The molecule has 1 aliphatic rings. The first kappa shape index (κ1) is 23.7. The fraction of sp³-hybridized carbons (Fsp3) is 0.320. The first-order valence-electron chi connectivity index (χ1n) is 10.8. The normalized spacial score (nSPS) is 16.9. The zero-order chi connectivity index (χ0) is 24.3. The second-order valence-electron chi connectivity index (χ2n) is 8.37. The predicted molar refractivity (Wildman–Crippen MR) is 126 cm³/mol. The highest BCUT2D eigenvalue weighted by Gasteiger charge is 2.35. The van der Waals surface area contributed by atoms with Gasteiger partial charge in [0.1, 0.15) is 11.6 Å². The van der Waals surface area contributed by atoms with Crippen LogP contribution in [0.3, 0.4) is 0 Å². The molecule has 0 unspecified atom stereocenters. The molecule has 4 rings (SSSR count). The maximum Gasteiger partial charge on any atom is 0.340 e. The maximum absolute atomic E-state index is 14.4. The zero-order valence-corrected chi connectivity index (χ0v) is 20.0. The molecule has 9 heteroatoms. The van der Waals surface area contributed by atoms with E-state index in [1.807, 2.05) is 17.5 Å². The monoisotopic (exact) mass is 484 g/mol. The molecule has 0 radical (unpaired) electrons. The number of hydrogen-bond donors (Lipinski definition) is 1. The highest BCUT2D eigenvalue weighted by molar-refractivity contribution is 7.13. The lowest BCUT2D eigenvalue weighted by molar-refractivity contribution is -0.117. The Hall–Kier alpha value is -3.46. The molecule has 34 heavy (non-hydrogen) atoms. The first-order valence-corrected chi connectivity index (χ1v) is 11.7. The van der Waals surface area contributed by atoms with Gasteiger partial charge in [0, 0.05) is 29.5 Å². The minimum Gasteiger partial charge on any atom is -0.493 e. The number of aromatic nitrogens is 1. The molecule has 7 nitrogen and oxygen atoms in total. The van der Waals surface area contributed by atoms with E-state index in [0.29, 0.717) is 16.6 Å². The number of hydrogen-bond acceptors (Lipinski definition) is 7. The van der Waals surface area contributed by atoms with Crippen molar-refractivity contribution in [1.29, 1.82) is 0 Å². The largest absolute Gasteiger partial charge is 0.493 e. The van der Waals surface area contributed by atoms with E-state index in [9.17, 15) is 14.0 Å². The molecule has 0 aliphatic heterocycles. The zero-order valence-electron chi connectivity index (χ0n) is 19.1. The third-order valence-electron chi connectivity index (χ3n) is 6.02. The molecule has 0 spiro atoms. The van der Waals surface area contributed by atoms with Gasteiger partial charge in [0.25, 0.3) is 0 Å². The van der Waals surface area contributed by atoms with Crippen LogP contribution in [-0.2, 0) is 21.4 Å². The van der Waals surface area contributed by atoms with Gasteiger partial charge in [0.2, 0.25) is 5.91 Å². The summed E-state index contributed by atoms with van der Waals surface area (Å²) in [7, 11) is 2.73. The van der Waals surface area contributed by atoms with Gasteiger partial charge in [-0.05, 0) is 54.7 Å². The van der Waals surface area contributed by atoms with Crippen molar-refractivity contribution in [2.75, 3.05) is 19.5 Å². The molecule has 1 heterocycles. The van der Waals surface area contributed by atoms with Crippen LogP contribution in [-0.4, -0.2) is 31.1 Å². The number of rotatable bonds is 7. The number of amides is 1. The Morgan fingerprint density at radius 1 is 1.21 bits per heavy atom. The van der Waals surface area contributed by atoms with Crippen LogP contribution >= 0.6 is 11.3 Å². The number of nitrogens with one attached hydrogen (secondary N) is 1. The van der Waals surface area contributed by atoms with Crippen molar-refractivity contribution < 1.29 is 28.2 Å². The summed E-state index contributed by atoms with van der Waals surface area (Å²) >= 11 is 1.37. The van der Waals surface area contributed by atoms with Gasteiger partial charge >= 0.3 is 5.97 Å². The van der Waals surface area contributed by atoms with E-state index >= 15 is 0 Å². The van der Waals surface area contributed by atoms with Gasteiger partial charge < -0.3 is 19.5 Å². The topological polar surface area (TPSA) is 86.8 Å². The molecular weight excluding hydrogens is 459 g/mol. The van der Waals surface area contributed by atoms with Crippen LogP contribution in [0.1, 0.15) is 47.7 Å². The number of halogens is 1. The molecule has 1 aliphatic carbocycles. The number of methoxy groups -OCH3 is 2. The number of benzene rings is 2. The Morgan fingerprint density at radius 3 is 2.71 bits per heavy atom. The van der Waals surface area contributed by atoms with Crippen LogP contribution in [0.15, 0.2) is 41.9 Å². The van der Waals surface area contributed by atoms with E-state index < -0.39 is 17.2 Å². The number of aryl methyl sites for hydroxylation is 1. The quantitative estimate of drug-likeness (QED) is 0.446. The number of carbonyl (C=O) groups is 2. The Balaban J connectivity index is 1.63. The van der Waals surface area contributed by atoms with E-state index in [0.717, 1.165) is 36.5 Å². The Bertz CT molecular complexity index is 1210. The van der Waals surface area contributed by atoms with E-state index in [1.165, 1.54) is 30.6 Å². The van der Waals surface area contributed by atoms with Crippen molar-refractivity contribution in [3.8, 4) is 17.2 Å². The van der Waals surface area contributed by atoms with E-state index in [1.54, 1.807) is 13.3 Å². The van der Waals surface area contributed by atoms with E-state index in [4.69, 9.17) is 9.47 Å². The lowest BCUT2D eigenvalue weighted by atomic mass is 9.69. The van der Waals surface area contributed by atoms with Crippen LogP contribution in [0.4, 0.5) is 9.52 Å². The fourth-order valence-electron chi connectivity index (χ4n) is 4.36. The van der Waals surface area contributed by atoms with Crippen molar-refractivity contribution in [2.24, 2.45) is 0 Å². The van der Waals surface area contributed by atoms with Gasteiger partial charge in [0.15, 0.2) is 16.6 Å². The molecule has 1 N–H and O–H groups in total. The summed E-state index contributed by atoms with van der Waals surface area (Å²) in [5.74, 6) is -0.494. The van der Waals surface area contributed by atoms with Crippen LogP contribution in [0.5, 0.6) is 17.2 Å². The summed E-state index contributed by atoms with van der Waals surface area (Å²) in [5, 5.41) is 5.24. The molecule has 1 amide bonds. The van der Waals surface area contributed by atoms with Gasteiger partial charge in [-0.25, -0.2) is 14.2 Å². The van der Waals surface area contributed by atoms with Crippen molar-refractivity contribution in [3.05, 3.63) is 64.4 Å². The van der Waals surface area contributed by atoms with Crippen molar-refractivity contribution in [3.63, 3.8) is 0 Å². The average Bonchev–Trinajstić information content (AvgIpc) is 3.31. The summed E-state index contributed by atoms with van der Waals surface area (Å²) in [4.78, 5) is 28.5. The number of thiazole rings is 1. The summed E-state index contributed by atoms with van der Waals surface area (Å²) < 4.78 is 30.5. The minimum atomic E-state index is -0.762. The highest BCUT2D eigenvalue weighted by atomic mass is 32.1. The summed E-state index contributed by atoms with van der Waals surface area (Å²) in [6.45, 7) is 2.06. The van der Waals surface area contributed by atoms with Crippen LogP contribution < -0.4 is 14.8 Å². The molecule has 0 bridgehead atoms. The van der Waals surface area contributed by atoms with E-state index in [-0.39, 0.29) is 23.6 Å². The van der Waals surface area contributed by atoms with Crippen LogP contribution in [0.2, 0.25) is 0 Å². The number of esters is 1. The van der Waals surface area contributed by atoms with Gasteiger partial charge in [0.05, 0.1) is 19.8 Å². The molecule has 1 aromatic heterocycles. The molecular formula is C25H25FN2O5S. The van der Waals surface area contributed by atoms with Crippen LogP contribution in [0, 0.1) is 5.82 Å². The van der Waals surface area contributed by atoms with Gasteiger partial charge in [-0.3, -0.25) is 4.79 Å². The fourth-order valence-corrected chi connectivity index (χ4v) is 4.91. The highest BCUT2D eigenvalue weighted by Crippen LogP contribution is 2.45. The Labute approximate surface area is 200 Å². The van der Waals surface area contributed by atoms with Crippen LogP contribution in [0.25, 0.3) is 0 Å². The molecule has 1 atom stereocenters. The molecule has 2 aromatic carbocycles. The number of anilines is 1. The second-order valence-corrected chi connectivity index (χ2v) is 9.27. The Morgan fingerprint density at radius 2 is 2.03 bits per heavy atom. The molecule has 0 saturated carbocycles. The predicted octanol–water partition coefficient (Wildman–Crippen LogP) is 5.49. The summed E-state index contributed by atoms with van der Waals surface area (Å²) in [5.41, 5.74) is 1.49. The second kappa shape index (κ2) is 9.80. The molecule has 0 saturated heterocycles. The number of fused-ring (bicyclic) bond motifs is 1. The Kier molecular flexibility index (Phi) is 6.83. The molecule has 3 aromatic rings. The van der Waals surface area contributed by atoms with Crippen molar-refractivity contribution in [1.82, 2.24) is 4.98 Å². The smallest absolute Gasteiger partial charge is 0.340 e. The van der Waals surface area contributed by atoms with Crippen molar-refractivity contribution >= 4 is 28.3 Å². The number of nitrogens with zero attached hydrogens (tertiary/aromatic N) is 1. The summed E-state index contributed by atoms with van der Waals surface area (Å²) in [6.07, 6.45) is 4.57. The van der Waals surface area contributed by atoms with Gasteiger partial charge in [-0.15, -0.1) is 11.3 Å². The third kappa shape index (κ3) is 4.89. The van der Waals surface area contributed by atoms with Crippen molar-refractivity contribution in [2.45, 2.75) is 38.0 Å². The third-order valence-corrected chi connectivity index (χ3v) is 6.71. The SMILES string of the molecule is COC(=O)c1ccc(Oc2cc3c(cc2OC)CCC[C@]3(C)CC(=O)Nc2nccs2)cc1F. The number of carbonyl (C=O) groups excluding carboxylic acids is 2. The lowest BCUT2D eigenvalue weighted by Crippen LogP contribution is -2.32. The number of ether oxygens (including phenoxy) is 3. The lowest BCUT2D eigenvalue weighted by Gasteiger charge is -2.36. The van der Waals surface area contributed by atoms with E-state index in [2.05, 4.69) is 22.0 Å². The standard InChI is InChI=1S/C25H25FN2O5S/c1-25(14-22(29)28-24-27-9-10-34-24)8-4-5-15-11-20(31-2)21(13-18(15)25)33-16-6-7-17(19(26)12-16)23(30)32-3/h6-7,9-13H,4-5,8,14H2,1-3H3,(H,27,28,29)/t25-/m1/s1. The first-order chi connectivity index (χ1) is 16.3.